The number of fused-ring (bicyclic) bond motifs is 3. The molecule has 4 heteroatoms. The Kier molecular flexibility index (Phi) is 3.05. The smallest absolute Gasteiger partial charge is 0.143 e. The summed E-state index contributed by atoms with van der Waals surface area (Å²) in [5.41, 5.74) is 2.13. The molecule has 0 amide bonds. The summed E-state index contributed by atoms with van der Waals surface area (Å²) in [6.07, 6.45) is 0. The third-order valence-corrected chi connectivity index (χ3v) is 4.06. The average Bonchev–Trinajstić information content (AvgIpc) is 3.00. The molecule has 0 N–H and O–H groups in total. The molecule has 0 bridgehead atoms. The zero-order chi connectivity index (χ0) is 16.7. The largest absolute Gasteiger partial charge is 0.455 e. The first-order valence-corrected chi connectivity index (χ1v) is 7.28. The maximum absolute atomic E-state index is 14.1. The fraction of sp³-hybridized carbons (Fsp3) is 0. The van der Waals surface area contributed by atoms with Gasteiger partial charge in [-0.05, 0) is 18.2 Å². The van der Waals surface area contributed by atoms with Crippen molar-refractivity contribution >= 4 is 21.9 Å². The van der Waals surface area contributed by atoms with E-state index >= 15 is 0 Å². The lowest BCUT2D eigenvalue weighted by Crippen LogP contribution is -1.94. The molecule has 0 saturated heterocycles. The van der Waals surface area contributed by atoms with Gasteiger partial charge in [0.25, 0.3) is 0 Å². The Hall–Kier alpha value is -3.63. The van der Waals surface area contributed by atoms with Crippen molar-refractivity contribution in [2.45, 2.75) is 0 Å². The Morgan fingerprint density at radius 2 is 1.62 bits per heavy atom. The third-order valence-electron chi connectivity index (χ3n) is 4.06. The van der Waals surface area contributed by atoms with Crippen LogP contribution in [0.25, 0.3) is 33.1 Å². The van der Waals surface area contributed by atoms with E-state index in [1.807, 2.05) is 48.5 Å². The van der Waals surface area contributed by atoms with E-state index in [-0.39, 0.29) is 16.7 Å². The van der Waals surface area contributed by atoms with E-state index in [0.717, 1.165) is 16.8 Å². The van der Waals surface area contributed by atoms with Crippen molar-refractivity contribution in [1.29, 1.82) is 10.5 Å². The van der Waals surface area contributed by atoms with E-state index < -0.39 is 5.82 Å². The molecule has 3 nitrogen and oxygen atoms in total. The summed E-state index contributed by atoms with van der Waals surface area (Å²) in [5.74, 6) is -0.653. The maximum atomic E-state index is 14.1. The second-order valence-corrected chi connectivity index (χ2v) is 5.35. The molecular weight excluding hydrogens is 303 g/mol. The molecule has 4 aromatic rings. The van der Waals surface area contributed by atoms with E-state index in [2.05, 4.69) is 0 Å². The number of nitriles is 2. The van der Waals surface area contributed by atoms with Gasteiger partial charge in [0.1, 0.15) is 23.1 Å². The molecule has 0 fully saturated rings. The monoisotopic (exact) mass is 312 g/mol. The molecule has 24 heavy (non-hydrogen) atoms. The Balaban J connectivity index is 2.18. The van der Waals surface area contributed by atoms with Gasteiger partial charge < -0.3 is 4.42 Å². The lowest BCUT2D eigenvalue weighted by atomic mass is 9.93. The molecule has 112 valence electrons. The highest BCUT2D eigenvalue weighted by atomic mass is 19.1. The molecular formula is C20H9FN2O. The zero-order valence-electron chi connectivity index (χ0n) is 12.4. The normalized spacial score (nSPS) is 10.6. The van der Waals surface area contributed by atoms with Gasteiger partial charge in [-0.3, -0.25) is 0 Å². The van der Waals surface area contributed by atoms with Gasteiger partial charge >= 0.3 is 0 Å². The Labute approximate surface area is 136 Å². The van der Waals surface area contributed by atoms with Gasteiger partial charge in [-0.15, -0.1) is 0 Å². The number of benzene rings is 3. The number of hydrogen-bond acceptors (Lipinski definition) is 3. The summed E-state index contributed by atoms with van der Waals surface area (Å²) in [4.78, 5) is 0. The highest BCUT2D eigenvalue weighted by Crippen LogP contribution is 2.38. The van der Waals surface area contributed by atoms with Gasteiger partial charge in [0.2, 0.25) is 0 Å². The quantitative estimate of drug-likeness (QED) is 0.489. The summed E-state index contributed by atoms with van der Waals surface area (Å²) in [6.45, 7) is 0. The lowest BCUT2D eigenvalue weighted by Gasteiger charge is -2.08. The summed E-state index contributed by atoms with van der Waals surface area (Å²) >= 11 is 0. The molecule has 3 aromatic carbocycles. The second kappa shape index (κ2) is 5.22. The first-order valence-electron chi connectivity index (χ1n) is 7.28. The first kappa shape index (κ1) is 14.0. The summed E-state index contributed by atoms with van der Waals surface area (Å²) in [5, 5.41) is 20.5. The molecule has 0 aliphatic carbocycles. The van der Waals surface area contributed by atoms with Crippen molar-refractivity contribution in [3.63, 3.8) is 0 Å². The van der Waals surface area contributed by atoms with E-state index in [1.165, 1.54) is 6.07 Å². The topological polar surface area (TPSA) is 60.7 Å². The zero-order valence-corrected chi connectivity index (χ0v) is 12.4. The standard InChI is InChI=1S/C20H9FN2O/c21-17-9-8-12(10-22)19(16(17)11-23)15-6-3-5-14-13-4-1-2-7-18(13)24-20(14)15/h1-9H. The number of para-hydroxylation sites is 2. The van der Waals surface area contributed by atoms with Crippen molar-refractivity contribution < 1.29 is 8.81 Å². The molecule has 0 atom stereocenters. The Morgan fingerprint density at radius 1 is 0.833 bits per heavy atom. The Bertz CT molecular complexity index is 1190. The van der Waals surface area contributed by atoms with Crippen molar-refractivity contribution in [3.8, 4) is 23.3 Å². The summed E-state index contributed by atoms with van der Waals surface area (Å²) in [7, 11) is 0. The molecule has 1 aromatic heterocycles. The van der Waals surface area contributed by atoms with Gasteiger partial charge in [0.15, 0.2) is 0 Å². The minimum Gasteiger partial charge on any atom is -0.455 e. The van der Waals surface area contributed by atoms with Crippen LogP contribution in [0.2, 0.25) is 0 Å². The van der Waals surface area contributed by atoms with Crippen molar-refractivity contribution in [2.24, 2.45) is 0 Å². The molecule has 0 radical (unpaired) electrons. The Morgan fingerprint density at radius 3 is 2.42 bits per heavy atom. The van der Waals surface area contributed by atoms with Gasteiger partial charge in [-0.25, -0.2) is 4.39 Å². The fourth-order valence-electron chi connectivity index (χ4n) is 3.00. The van der Waals surface area contributed by atoms with Gasteiger partial charge in [-0.1, -0.05) is 36.4 Å². The molecule has 0 spiro atoms. The summed E-state index contributed by atoms with van der Waals surface area (Å²) < 4.78 is 20.0. The van der Waals surface area contributed by atoms with Crippen LogP contribution in [-0.2, 0) is 0 Å². The number of furan rings is 1. The molecule has 1 heterocycles. The van der Waals surface area contributed by atoms with Crippen LogP contribution in [0.5, 0.6) is 0 Å². The van der Waals surface area contributed by atoms with Crippen LogP contribution in [0.15, 0.2) is 59.0 Å². The third kappa shape index (κ3) is 1.87. The van der Waals surface area contributed by atoms with Crippen molar-refractivity contribution in [2.75, 3.05) is 0 Å². The number of hydrogen-bond donors (Lipinski definition) is 0. The van der Waals surface area contributed by atoms with Crippen LogP contribution in [0.4, 0.5) is 4.39 Å². The van der Waals surface area contributed by atoms with Crippen LogP contribution < -0.4 is 0 Å². The van der Waals surface area contributed by atoms with Crippen molar-refractivity contribution in [1.82, 2.24) is 0 Å². The van der Waals surface area contributed by atoms with E-state index in [9.17, 15) is 14.9 Å². The predicted molar refractivity (Wildman–Crippen MR) is 88.5 cm³/mol. The number of rotatable bonds is 1. The second-order valence-electron chi connectivity index (χ2n) is 5.35. The minimum absolute atomic E-state index is 0.151. The van der Waals surface area contributed by atoms with Gasteiger partial charge in [0, 0.05) is 21.9 Å². The van der Waals surface area contributed by atoms with E-state index in [1.54, 1.807) is 6.07 Å². The van der Waals surface area contributed by atoms with Crippen LogP contribution in [0, 0.1) is 28.5 Å². The first-order chi connectivity index (χ1) is 11.7. The van der Waals surface area contributed by atoms with Crippen LogP contribution >= 0.6 is 0 Å². The number of halogens is 1. The van der Waals surface area contributed by atoms with Crippen molar-refractivity contribution in [3.05, 3.63) is 71.5 Å². The van der Waals surface area contributed by atoms with Gasteiger partial charge in [-0.2, -0.15) is 10.5 Å². The minimum atomic E-state index is -0.653. The molecule has 0 aliphatic heterocycles. The highest BCUT2D eigenvalue weighted by molar-refractivity contribution is 6.10. The fourth-order valence-corrected chi connectivity index (χ4v) is 3.00. The predicted octanol–water partition coefficient (Wildman–Crippen LogP) is 5.14. The van der Waals surface area contributed by atoms with Crippen LogP contribution in [0.1, 0.15) is 11.1 Å². The average molecular weight is 312 g/mol. The SMILES string of the molecule is N#Cc1ccc(F)c(C#N)c1-c1cccc2c1oc1ccccc12. The van der Waals surface area contributed by atoms with E-state index in [4.69, 9.17) is 4.42 Å². The van der Waals surface area contributed by atoms with E-state index in [0.29, 0.717) is 16.7 Å². The maximum Gasteiger partial charge on any atom is 0.143 e. The molecule has 0 saturated carbocycles. The highest BCUT2D eigenvalue weighted by Gasteiger charge is 2.20. The number of nitrogens with zero attached hydrogens (tertiary/aromatic N) is 2. The van der Waals surface area contributed by atoms with Gasteiger partial charge in [0.05, 0.1) is 17.2 Å². The lowest BCUT2D eigenvalue weighted by molar-refractivity contribution is 0.624. The molecule has 4 rings (SSSR count). The van der Waals surface area contributed by atoms with Crippen LogP contribution in [-0.4, -0.2) is 0 Å². The molecule has 0 unspecified atom stereocenters. The summed E-state index contributed by atoms with van der Waals surface area (Å²) in [6, 6.07) is 19.4. The molecule has 0 aliphatic rings. The van der Waals surface area contributed by atoms with Crippen LogP contribution in [0.3, 0.4) is 0 Å².